The lowest BCUT2D eigenvalue weighted by Gasteiger charge is -2.33. The summed E-state index contributed by atoms with van der Waals surface area (Å²) in [6.07, 6.45) is 3.65. The number of aryl methyl sites for hydroxylation is 1. The van der Waals surface area contributed by atoms with Gasteiger partial charge in [-0.3, -0.25) is 4.68 Å². The van der Waals surface area contributed by atoms with Gasteiger partial charge >= 0.3 is 0 Å². The molecule has 0 bridgehead atoms. The first-order chi connectivity index (χ1) is 13.9. The van der Waals surface area contributed by atoms with Gasteiger partial charge in [0, 0.05) is 32.3 Å². The SMILES string of the molecule is CCOc1ccc(S(=O)(=O)N2Cc3ccccc3[C@@H](c3cnn(C)c3)C2)cc1F. The Morgan fingerprint density at radius 3 is 2.72 bits per heavy atom. The molecule has 3 aromatic rings. The molecule has 1 aromatic heterocycles. The summed E-state index contributed by atoms with van der Waals surface area (Å²) in [6, 6.07) is 11.6. The Hall–Kier alpha value is -2.71. The second-order valence-corrected chi connectivity index (χ2v) is 8.96. The van der Waals surface area contributed by atoms with Crippen molar-refractivity contribution in [3.8, 4) is 5.75 Å². The molecule has 29 heavy (non-hydrogen) atoms. The quantitative estimate of drug-likeness (QED) is 0.642. The number of benzene rings is 2. The van der Waals surface area contributed by atoms with Crippen LogP contribution in [0.5, 0.6) is 5.75 Å². The van der Waals surface area contributed by atoms with Crippen molar-refractivity contribution in [1.29, 1.82) is 0 Å². The molecule has 6 nitrogen and oxygen atoms in total. The molecule has 0 saturated heterocycles. The molecule has 0 aliphatic carbocycles. The zero-order valence-electron chi connectivity index (χ0n) is 16.2. The summed E-state index contributed by atoms with van der Waals surface area (Å²) in [4.78, 5) is -0.0808. The molecule has 0 N–H and O–H groups in total. The molecular weight excluding hydrogens is 393 g/mol. The molecule has 0 spiro atoms. The van der Waals surface area contributed by atoms with E-state index in [0.29, 0.717) is 6.61 Å². The molecule has 1 aliphatic rings. The van der Waals surface area contributed by atoms with E-state index in [0.717, 1.165) is 22.8 Å². The first-order valence-corrected chi connectivity index (χ1v) is 10.8. The molecule has 0 saturated carbocycles. The van der Waals surface area contributed by atoms with E-state index in [1.54, 1.807) is 17.8 Å². The Balaban J connectivity index is 1.72. The molecule has 0 amide bonds. The van der Waals surface area contributed by atoms with Crippen LogP contribution in [0.25, 0.3) is 0 Å². The number of fused-ring (bicyclic) bond motifs is 1. The summed E-state index contributed by atoms with van der Waals surface area (Å²) < 4.78 is 49.2. The number of aromatic nitrogens is 2. The van der Waals surface area contributed by atoms with Crippen molar-refractivity contribution in [2.24, 2.45) is 7.05 Å². The Kier molecular flexibility index (Phi) is 5.14. The average Bonchev–Trinajstić information content (AvgIpc) is 3.15. The largest absolute Gasteiger partial charge is 0.491 e. The van der Waals surface area contributed by atoms with E-state index >= 15 is 0 Å². The molecule has 2 aromatic carbocycles. The first-order valence-electron chi connectivity index (χ1n) is 9.39. The third-order valence-corrected chi connectivity index (χ3v) is 6.94. The van der Waals surface area contributed by atoms with Gasteiger partial charge in [0.15, 0.2) is 11.6 Å². The third-order valence-electron chi connectivity index (χ3n) is 5.13. The fourth-order valence-corrected chi connectivity index (χ4v) is 5.17. The van der Waals surface area contributed by atoms with E-state index in [1.807, 2.05) is 37.5 Å². The Labute approximate surface area is 169 Å². The Morgan fingerprint density at radius 1 is 1.24 bits per heavy atom. The maximum absolute atomic E-state index is 14.3. The minimum atomic E-state index is -3.88. The highest BCUT2D eigenvalue weighted by atomic mass is 32.2. The van der Waals surface area contributed by atoms with Gasteiger partial charge in [-0.15, -0.1) is 0 Å². The van der Waals surface area contributed by atoms with E-state index in [4.69, 9.17) is 4.74 Å². The number of ether oxygens (including phenoxy) is 1. The van der Waals surface area contributed by atoms with Crippen LogP contribution in [-0.4, -0.2) is 35.7 Å². The van der Waals surface area contributed by atoms with Crippen LogP contribution in [0.3, 0.4) is 0 Å². The van der Waals surface area contributed by atoms with E-state index in [1.165, 1.54) is 16.4 Å². The number of hydrogen-bond donors (Lipinski definition) is 0. The fourth-order valence-electron chi connectivity index (χ4n) is 3.73. The molecule has 1 aliphatic heterocycles. The molecule has 0 unspecified atom stereocenters. The zero-order valence-corrected chi connectivity index (χ0v) is 17.1. The van der Waals surface area contributed by atoms with Crippen LogP contribution in [0.15, 0.2) is 59.8 Å². The average molecular weight is 415 g/mol. The van der Waals surface area contributed by atoms with Crippen molar-refractivity contribution in [3.05, 3.63) is 77.4 Å². The van der Waals surface area contributed by atoms with Gasteiger partial charge in [-0.2, -0.15) is 9.40 Å². The summed E-state index contributed by atoms with van der Waals surface area (Å²) in [5, 5.41) is 4.23. The van der Waals surface area contributed by atoms with Gasteiger partial charge in [0.1, 0.15) is 0 Å². The van der Waals surface area contributed by atoms with E-state index < -0.39 is 15.8 Å². The van der Waals surface area contributed by atoms with Crippen LogP contribution < -0.4 is 4.74 Å². The van der Waals surface area contributed by atoms with Crippen molar-refractivity contribution in [2.75, 3.05) is 13.2 Å². The monoisotopic (exact) mass is 415 g/mol. The van der Waals surface area contributed by atoms with Crippen molar-refractivity contribution >= 4 is 10.0 Å². The van der Waals surface area contributed by atoms with Gasteiger partial charge < -0.3 is 4.74 Å². The van der Waals surface area contributed by atoms with Gasteiger partial charge in [-0.05, 0) is 41.8 Å². The van der Waals surface area contributed by atoms with Gasteiger partial charge in [-0.25, -0.2) is 12.8 Å². The first kappa shape index (κ1) is 19.6. The molecular formula is C21H22FN3O3S. The van der Waals surface area contributed by atoms with Crippen LogP contribution in [0.1, 0.15) is 29.5 Å². The Bertz CT molecular complexity index is 1140. The van der Waals surface area contributed by atoms with Gasteiger partial charge in [0.05, 0.1) is 17.7 Å². The lowest BCUT2D eigenvalue weighted by molar-refractivity contribution is 0.320. The van der Waals surface area contributed by atoms with Crippen molar-refractivity contribution in [3.63, 3.8) is 0 Å². The molecule has 8 heteroatoms. The molecule has 152 valence electrons. The van der Waals surface area contributed by atoms with E-state index in [9.17, 15) is 12.8 Å². The van der Waals surface area contributed by atoms with Crippen molar-refractivity contribution in [2.45, 2.75) is 24.3 Å². The highest BCUT2D eigenvalue weighted by molar-refractivity contribution is 7.89. The van der Waals surface area contributed by atoms with Crippen LogP contribution in [0.4, 0.5) is 4.39 Å². The highest BCUT2D eigenvalue weighted by Crippen LogP contribution is 2.36. The normalized spacial score (nSPS) is 17.1. The summed E-state index contributed by atoms with van der Waals surface area (Å²) in [5.74, 6) is -0.784. The molecule has 0 radical (unpaired) electrons. The van der Waals surface area contributed by atoms with Crippen LogP contribution >= 0.6 is 0 Å². The third kappa shape index (κ3) is 3.65. The summed E-state index contributed by atoms with van der Waals surface area (Å²) in [5.41, 5.74) is 2.96. The standard InChI is InChI=1S/C21H22FN3O3S/c1-3-28-21-9-8-17(10-20(21)22)29(26,27)25-13-15-6-4-5-7-18(15)19(14-25)16-11-23-24(2)12-16/h4-12,19H,3,13-14H2,1-2H3/t19-/m1/s1. The van der Waals surface area contributed by atoms with Gasteiger partial charge in [0.25, 0.3) is 0 Å². The summed E-state index contributed by atoms with van der Waals surface area (Å²) >= 11 is 0. The summed E-state index contributed by atoms with van der Waals surface area (Å²) in [6.45, 7) is 2.55. The minimum Gasteiger partial charge on any atom is -0.491 e. The second kappa shape index (κ2) is 7.61. The smallest absolute Gasteiger partial charge is 0.243 e. The molecule has 4 rings (SSSR count). The molecule has 2 heterocycles. The predicted octanol–water partition coefficient (Wildman–Crippen LogP) is 3.29. The fraction of sp³-hybridized carbons (Fsp3) is 0.286. The topological polar surface area (TPSA) is 64.4 Å². The molecule has 0 fully saturated rings. The number of hydrogen-bond acceptors (Lipinski definition) is 4. The second-order valence-electron chi connectivity index (χ2n) is 7.02. The predicted molar refractivity (Wildman–Crippen MR) is 107 cm³/mol. The Morgan fingerprint density at radius 2 is 2.03 bits per heavy atom. The van der Waals surface area contributed by atoms with Gasteiger partial charge in [-0.1, -0.05) is 24.3 Å². The maximum Gasteiger partial charge on any atom is 0.243 e. The number of rotatable bonds is 5. The highest BCUT2D eigenvalue weighted by Gasteiger charge is 2.34. The summed E-state index contributed by atoms with van der Waals surface area (Å²) in [7, 11) is -2.05. The minimum absolute atomic E-state index is 0.0451. The van der Waals surface area contributed by atoms with Crippen LogP contribution in [0, 0.1) is 5.82 Å². The van der Waals surface area contributed by atoms with Crippen molar-refractivity contribution in [1.82, 2.24) is 14.1 Å². The lowest BCUT2D eigenvalue weighted by atomic mass is 9.87. The van der Waals surface area contributed by atoms with E-state index in [2.05, 4.69) is 5.10 Å². The van der Waals surface area contributed by atoms with Crippen molar-refractivity contribution < 1.29 is 17.5 Å². The number of halogens is 1. The number of sulfonamides is 1. The maximum atomic E-state index is 14.3. The van der Waals surface area contributed by atoms with E-state index in [-0.39, 0.29) is 29.7 Å². The van der Waals surface area contributed by atoms with Crippen LogP contribution in [-0.2, 0) is 23.6 Å². The lowest BCUT2D eigenvalue weighted by Crippen LogP contribution is -2.38. The molecule has 1 atom stereocenters. The number of nitrogens with zero attached hydrogens (tertiary/aromatic N) is 3. The van der Waals surface area contributed by atoms with Crippen LogP contribution in [0.2, 0.25) is 0 Å². The van der Waals surface area contributed by atoms with Gasteiger partial charge in [0.2, 0.25) is 10.0 Å². The zero-order chi connectivity index (χ0) is 20.6.